The van der Waals surface area contributed by atoms with Crippen LogP contribution in [0.1, 0.15) is 0 Å². The average molecular weight is 191 g/mol. The highest BCUT2D eigenvalue weighted by atomic mass is 35.5. The molecular formula is C4H2ClF3O3. The third-order valence-electron chi connectivity index (χ3n) is 0.527. The molecular weight excluding hydrogens is 188 g/mol. The van der Waals surface area contributed by atoms with Gasteiger partial charge < -0.3 is 4.74 Å². The molecule has 7 heteroatoms. The molecule has 11 heavy (non-hydrogen) atoms. The summed E-state index contributed by atoms with van der Waals surface area (Å²) in [6.45, 7) is -1.80. The van der Waals surface area contributed by atoms with E-state index in [1.807, 2.05) is 0 Å². The van der Waals surface area contributed by atoms with Crippen LogP contribution in [0.5, 0.6) is 0 Å². The first kappa shape index (κ1) is 10.2. The van der Waals surface area contributed by atoms with E-state index in [1.165, 1.54) is 0 Å². The Morgan fingerprint density at radius 1 is 1.36 bits per heavy atom. The van der Waals surface area contributed by atoms with Gasteiger partial charge in [0.2, 0.25) is 0 Å². The van der Waals surface area contributed by atoms with E-state index in [2.05, 4.69) is 16.3 Å². The molecule has 0 aliphatic carbocycles. The Balaban J connectivity index is 3.73. The van der Waals surface area contributed by atoms with Gasteiger partial charge in [0.05, 0.1) is 0 Å². The maximum Gasteiger partial charge on any atom is 0.422 e. The highest BCUT2D eigenvalue weighted by Gasteiger charge is 2.30. The van der Waals surface area contributed by atoms with E-state index in [4.69, 9.17) is 0 Å². The fourth-order valence-electron chi connectivity index (χ4n) is 0.204. The zero-order valence-corrected chi connectivity index (χ0v) is 5.70. The van der Waals surface area contributed by atoms with Crippen molar-refractivity contribution in [2.24, 2.45) is 0 Å². The van der Waals surface area contributed by atoms with Crippen molar-refractivity contribution in [2.75, 3.05) is 6.61 Å². The van der Waals surface area contributed by atoms with Gasteiger partial charge in [-0.15, -0.1) is 0 Å². The number of esters is 1. The van der Waals surface area contributed by atoms with Gasteiger partial charge in [-0.25, -0.2) is 4.79 Å². The average Bonchev–Trinajstić information content (AvgIpc) is 1.80. The smallest absolute Gasteiger partial charge is 0.422 e. The van der Waals surface area contributed by atoms with Gasteiger partial charge in [0.15, 0.2) is 6.61 Å². The van der Waals surface area contributed by atoms with Gasteiger partial charge in [0, 0.05) is 0 Å². The zero-order chi connectivity index (χ0) is 9.07. The van der Waals surface area contributed by atoms with Crippen LogP contribution in [0.3, 0.4) is 0 Å². The molecule has 0 aliphatic heterocycles. The van der Waals surface area contributed by atoms with Gasteiger partial charge in [0.1, 0.15) is 0 Å². The van der Waals surface area contributed by atoms with Crippen LogP contribution in [0.25, 0.3) is 0 Å². The molecule has 0 fully saturated rings. The van der Waals surface area contributed by atoms with Crippen LogP contribution in [-0.4, -0.2) is 24.0 Å². The lowest BCUT2D eigenvalue weighted by Gasteiger charge is -2.04. The number of hydrogen-bond acceptors (Lipinski definition) is 3. The highest BCUT2D eigenvalue weighted by molar-refractivity contribution is 6.80. The molecule has 0 bridgehead atoms. The molecule has 0 saturated heterocycles. The van der Waals surface area contributed by atoms with Crippen molar-refractivity contribution in [1.29, 1.82) is 0 Å². The summed E-state index contributed by atoms with van der Waals surface area (Å²) in [6, 6.07) is 0. The summed E-state index contributed by atoms with van der Waals surface area (Å²) in [7, 11) is 0. The highest BCUT2D eigenvalue weighted by Crippen LogP contribution is 2.14. The first-order valence-corrected chi connectivity index (χ1v) is 2.64. The van der Waals surface area contributed by atoms with Crippen LogP contribution in [0, 0.1) is 0 Å². The molecule has 0 aromatic heterocycles. The third kappa shape index (κ3) is 5.65. The predicted octanol–water partition coefficient (Wildman–Crippen LogP) is 0.857. The minimum Gasteiger partial charge on any atom is -0.449 e. The molecule has 0 rings (SSSR count). The molecule has 3 nitrogen and oxygen atoms in total. The van der Waals surface area contributed by atoms with Crippen LogP contribution >= 0.6 is 11.6 Å². The lowest BCUT2D eigenvalue weighted by atomic mass is 10.7. The molecule has 0 aliphatic rings. The Labute approximate surface area is 64.1 Å². The Kier molecular flexibility index (Phi) is 3.31. The molecule has 0 aromatic carbocycles. The van der Waals surface area contributed by atoms with Crippen molar-refractivity contribution >= 4 is 22.8 Å². The molecule has 0 aromatic rings. The summed E-state index contributed by atoms with van der Waals surface area (Å²) in [5.41, 5.74) is 0. The van der Waals surface area contributed by atoms with E-state index in [0.717, 1.165) is 0 Å². The number of alkyl halides is 3. The molecule has 0 N–H and O–H groups in total. The van der Waals surface area contributed by atoms with Crippen LogP contribution in [-0.2, 0) is 14.3 Å². The summed E-state index contributed by atoms with van der Waals surface area (Å²) < 4.78 is 37.2. The Morgan fingerprint density at radius 2 is 1.82 bits per heavy atom. The predicted molar refractivity (Wildman–Crippen MR) is 27.9 cm³/mol. The Hall–Kier alpha value is -0.780. The maximum atomic E-state index is 11.2. The van der Waals surface area contributed by atoms with Gasteiger partial charge >= 0.3 is 17.4 Å². The number of carbonyl (C=O) groups excluding carboxylic acids is 2. The van der Waals surface area contributed by atoms with Gasteiger partial charge in [-0.1, -0.05) is 0 Å². The second-order valence-corrected chi connectivity index (χ2v) is 1.81. The van der Waals surface area contributed by atoms with Crippen molar-refractivity contribution in [2.45, 2.75) is 6.18 Å². The summed E-state index contributed by atoms with van der Waals surface area (Å²) in [4.78, 5) is 19.8. The van der Waals surface area contributed by atoms with Crippen LogP contribution in [0.15, 0.2) is 0 Å². The van der Waals surface area contributed by atoms with Gasteiger partial charge in [0.25, 0.3) is 0 Å². The van der Waals surface area contributed by atoms with E-state index in [0.29, 0.717) is 0 Å². The third-order valence-corrected chi connectivity index (χ3v) is 0.682. The van der Waals surface area contributed by atoms with Crippen molar-refractivity contribution in [3.05, 3.63) is 0 Å². The molecule has 0 unspecified atom stereocenters. The van der Waals surface area contributed by atoms with Gasteiger partial charge in [-0.3, -0.25) is 4.79 Å². The number of carbonyl (C=O) groups is 2. The summed E-state index contributed by atoms with van der Waals surface area (Å²) in [5, 5.41) is -1.57. The zero-order valence-electron chi connectivity index (χ0n) is 4.94. The number of ether oxygens (including phenoxy) is 1. The lowest BCUT2D eigenvalue weighted by Crippen LogP contribution is -2.22. The van der Waals surface area contributed by atoms with Crippen LogP contribution in [0.4, 0.5) is 13.2 Å². The fraction of sp³-hybridized carbons (Fsp3) is 0.500. The molecule has 0 radical (unpaired) electrons. The Bertz CT molecular complexity index is 176. The summed E-state index contributed by atoms with van der Waals surface area (Å²) in [6.07, 6.45) is -4.64. The first-order valence-electron chi connectivity index (χ1n) is 2.26. The molecule has 0 heterocycles. The topological polar surface area (TPSA) is 43.4 Å². The normalized spacial score (nSPS) is 10.9. The Morgan fingerprint density at radius 3 is 2.09 bits per heavy atom. The van der Waals surface area contributed by atoms with Crippen LogP contribution in [0.2, 0.25) is 0 Å². The van der Waals surface area contributed by atoms with E-state index in [1.54, 1.807) is 0 Å². The maximum absolute atomic E-state index is 11.2. The lowest BCUT2D eigenvalue weighted by molar-refractivity contribution is -0.185. The SMILES string of the molecule is O=C(Cl)C(=O)OCC(F)(F)F. The van der Waals surface area contributed by atoms with E-state index in [9.17, 15) is 22.8 Å². The van der Waals surface area contributed by atoms with E-state index >= 15 is 0 Å². The fourth-order valence-corrected chi connectivity index (χ4v) is 0.259. The second-order valence-electron chi connectivity index (χ2n) is 1.47. The number of hydrogen-bond donors (Lipinski definition) is 0. The van der Waals surface area contributed by atoms with Crippen molar-refractivity contribution in [3.63, 3.8) is 0 Å². The molecule has 0 amide bonds. The van der Waals surface area contributed by atoms with Crippen molar-refractivity contribution in [1.82, 2.24) is 0 Å². The minimum absolute atomic E-state index is 1.57. The van der Waals surface area contributed by atoms with Gasteiger partial charge in [-0.2, -0.15) is 13.2 Å². The van der Waals surface area contributed by atoms with Gasteiger partial charge in [-0.05, 0) is 11.6 Å². The standard InChI is InChI=1S/C4H2ClF3O3/c5-2(9)3(10)11-1-4(6,7)8/h1H2. The molecule has 0 spiro atoms. The summed E-state index contributed by atoms with van der Waals surface area (Å²) in [5.74, 6) is -1.70. The van der Waals surface area contributed by atoms with E-state index in [-0.39, 0.29) is 0 Å². The number of rotatable bonds is 2. The van der Waals surface area contributed by atoms with Crippen molar-refractivity contribution in [3.8, 4) is 0 Å². The van der Waals surface area contributed by atoms with Crippen LogP contribution < -0.4 is 0 Å². The van der Waals surface area contributed by atoms with Crippen molar-refractivity contribution < 1.29 is 27.5 Å². The quantitative estimate of drug-likeness (QED) is 0.368. The second kappa shape index (κ2) is 3.56. The monoisotopic (exact) mass is 190 g/mol. The minimum atomic E-state index is -4.64. The first-order chi connectivity index (χ1) is 4.83. The largest absolute Gasteiger partial charge is 0.449 e. The molecule has 64 valence electrons. The number of halogens is 4. The summed E-state index contributed by atoms with van der Waals surface area (Å²) >= 11 is 4.48. The molecule has 0 atom stereocenters. The van der Waals surface area contributed by atoms with E-state index < -0.39 is 24.0 Å². The molecule has 0 saturated carbocycles.